The Kier molecular flexibility index (Phi) is 2.30. The lowest BCUT2D eigenvalue weighted by molar-refractivity contribution is 0.824. The molecule has 5 nitrogen and oxygen atoms in total. The Hall–Kier alpha value is -2.69. The zero-order chi connectivity index (χ0) is 12.5. The number of amidine groups is 1. The standard InChI is InChI=1S/C13H11N5/c14-13(15)9-5-7-10(8-6-9)18-12-4-2-1-3-11(12)16-17-18/h1-8H,(H3,14,15). The summed E-state index contributed by atoms with van der Waals surface area (Å²) in [4.78, 5) is 0. The molecule has 3 rings (SSSR count). The fraction of sp³-hybridized carbons (Fsp3) is 0. The summed E-state index contributed by atoms with van der Waals surface area (Å²) in [6.07, 6.45) is 0. The lowest BCUT2D eigenvalue weighted by atomic mass is 10.2. The second-order valence-corrected chi connectivity index (χ2v) is 3.95. The van der Waals surface area contributed by atoms with Crippen LogP contribution in [0.5, 0.6) is 0 Å². The number of nitrogens with one attached hydrogen (secondary N) is 1. The van der Waals surface area contributed by atoms with Crippen molar-refractivity contribution in [3.05, 3.63) is 54.1 Å². The molecule has 18 heavy (non-hydrogen) atoms. The Morgan fingerprint density at radius 2 is 1.78 bits per heavy atom. The van der Waals surface area contributed by atoms with E-state index in [1.165, 1.54) is 0 Å². The normalized spacial score (nSPS) is 10.7. The van der Waals surface area contributed by atoms with Crippen molar-refractivity contribution >= 4 is 16.9 Å². The Morgan fingerprint density at radius 3 is 2.50 bits per heavy atom. The number of hydrogen-bond acceptors (Lipinski definition) is 3. The molecule has 0 saturated heterocycles. The van der Waals surface area contributed by atoms with Crippen molar-refractivity contribution in [3.8, 4) is 5.69 Å². The van der Waals surface area contributed by atoms with Crippen LogP contribution in [0.1, 0.15) is 5.56 Å². The molecular weight excluding hydrogens is 226 g/mol. The van der Waals surface area contributed by atoms with Gasteiger partial charge >= 0.3 is 0 Å². The monoisotopic (exact) mass is 237 g/mol. The quantitative estimate of drug-likeness (QED) is 0.526. The third-order valence-electron chi connectivity index (χ3n) is 2.77. The summed E-state index contributed by atoms with van der Waals surface area (Å²) in [6, 6.07) is 15.1. The van der Waals surface area contributed by atoms with E-state index in [2.05, 4.69) is 10.3 Å². The molecule has 0 fully saturated rings. The highest BCUT2D eigenvalue weighted by molar-refractivity contribution is 5.95. The summed E-state index contributed by atoms with van der Waals surface area (Å²) in [5.74, 6) is 0.0602. The molecule has 88 valence electrons. The summed E-state index contributed by atoms with van der Waals surface area (Å²) in [6.45, 7) is 0. The van der Waals surface area contributed by atoms with E-state index in [9.17, 15) is 0 Å². The summed E-state index contributed by atoms with van der Waals surface area (Å²) in [7, 11) is 0. The highest BCUT2D eigenvalue weighted by Gasteiger charge is 2.05. The van der Waals surface area contributed by atoms with Crippen LogP contribution >= 0.6 is 0 Å². The number of rotatable bonds is 2. The first-order chi connectivity index (χ1) is 8.75. The van der Waals surface area contributed by atoms with Crippen molar-refractivity contribution in [1.29, 1.82) is 5.41 Å². The molecule has 0 aliphatic carbocycles. The molecule has 2 aromatic carbocycles. The van der Waals surface area contributed by atoms with Crippen molar-refractivity contribution in [2.24, 2.45) is 5.73 Å². The van der Waals surface area contributed by atoms with E-state index in [-0.39, 0.29) is 5.84 Å². The molecule has 0 radical (unpaired) electrons. The van der Waals surface area contributed by atoms with Crippen LogP contribution < -0.4 is 5.73 Å². The number of fused-ring (bicyclic) bond motifs is 1. The summed E-state index contributed by atoms with van der Waals surface area (Å²) in [5.41, 5.74) is 8.82. The minimum atomic E-state index is 0.0602. The van der Waals surface area contributed by atoms with Gasteiger partial charge < -0.3 is 5.73 Å². The molecule has 0 saturated carbocycles. The smallest absolute Gasteiger partial charge is 0.122 e. The molecule has 0 atom stereocenters. The number of hydrogen-bond donors (Lipinski definition) is 2. The Labute approximate surface area is 103 Å². The number of nitrogen functional groups attached to an aromatic ring is 1. The molecule has 0 aliphatic heterocycles. The number of aromatic nitrogens is 3. The fourth-order valence-electron chi connectivity index (χ4n) is 1.84. The van der Waals surface area contributed by atoms with Crippen LogP contribution in [0.3, 0.4) is 0 Å². The van der Waals surface area contributed by atoms with Gasteiger partial charge in [-0.25, -0.2) is 4.68 Å². The van der Waals surface area contributed by atoms with E-state index < -0.39 is 0 Å². The molecule has 0 spiro atoms. The van der Waals surface area contributed by atoms with Crippen molar-refractivity contribution in [2.75, 3.05) is 0 Å². The maximum absolute atomic E-state index is 7.35. The van der Waals surface area contributed by atoms with Crippen LogP contribution in [0.2, 0.25) is 0 Å². The summed E-state index contributed by atoms with van der Waals surface area (Å²) in [5, 5.41) is 15.6. The molecular formula is C13H11N5. The minimum absolute atomic E-state index is 0.0602. The lowest BCUT2D eigenvalue weighted by Gasteiger charge is -2.03. The Balaban J connectivity index is 2.12. The molecule has 3 N–H and O–H groups in total. The first kappa shape index (κ1) is 10.5. The number of para-hydroxylation sites is 1. The highest BCUT2D eigenvalue weighted by atomic mass is 15.4. The average molecular weight is 237 g/mol. The maximum atomic E-state index is 7.35. The van der Waals surface area contributed by atoms with Crippen molar-refractivity contribution < 1.29 is 0 Å². The van der Waals surface area contributed by atoms with Gasteiger partial charge in [0, 0.05) is 5.56 Å². The highest BCUT2D eigenvalue weighted by Crippen LogP contribution is 2.16. The van der Waals surface area contributed by atoms with Gasteiger partial charge in [-0.05, 0) is 36.4 Å². The molecule has 0 amide bonds. The van der Waals surface area contributed by atoms with Crippen LogP contribution in [0.15, 0.2) is 48.5 Å². The van der Waals surface area contributed by atoms with E-state index in [4.69, 9.17) is 11.1 Å². The van der Waals surface area contributed by atoms with E-state index >= 15 is 0 Å². The van der Waals surface area contributed by atoms with Crippen LogP contribution in [0.4, 0.5) is 0 Å². The van der Waals surface area contributed by atoms with E-state index in [1.807, 2.05) is 36.4 Å². The summed E-state index contributed by atoms with van der Waals surface area (Å²) < 4.78 is 1.76. The minimum Gasteiger partial charge on any atom is -0.384 e. The zero-order valence-electron chi connectivity index (χ0n) is 9.54. The van der Waals surface area contributed by atoms with Gasteiger partial charge in [-0.15, -0.1) is 5.10 Å². The molecule has 5 heteroatoms. The van der Waals surface area contributed by atoms with E-state index in [0.717, 1.165) is 16.7 Å². The average Bonchev–Trinajstić information content (AvgIpc) is 2.82. The largest absolute Gasteiger partial charge is 0.384 e. The van der Waals surface area contributed by atoms with Crippen LogP contribution in [-0.2, 0) is 0 Å². The topological polar surface area (TPSA) is 80.6 Å². The second kappa shape index (κ2) is 3.96. The fourth-order valence-corrected chi connectivity index (χ4v) is 1.84. The van der Waals surface area contributed by atoms with Gasteiger partial charge in [0.1, 0.15) is 11.4 Å². The van der Waals surface area contributed by atoms with Gasteiger partial charge in [-0.3, -0.25) is 5.41 Å². The van der Waals surface area contributed by atoms with Gasteiger partial charge in [-0.1, -0.05) is 17.3 Å². The molecule has 0 unspecified atom stereocenters. The first-order valence-corrected chi connectivity index (χ1v) is 5.51. The lowest BCUT2D eigenvalue weighted by Crippen LogP contribution is -2.10. The molecule has 0 aliphatic rings. The summed E-state index contributed by atoms with van der Waals surface area (Å²) >= 11 is 0. The van der Waals surface area contributed by atoms with Crippen molar-refractivity contribution in [3.63, 3.8) is 0 Å². The van der Waals surface area contributed by atoms with Gasteiger partial charge in [0.25, 0.3) is 0 Å². The second-order valence-electron chi connectivity index (χ2n) is 3.95. The maximum Gasteiger partial charge on any atom is 0.122 e. The molecule has 0 bridgehead atoms. The third kappa shape index (κ3) is 1.62. The van der Waals surface area contributed by atoms with Crippen LogP contribution in [-0.4, -0.2) is 20.8 Å². The van der Waals surface area contributed by atoms with Gasteiger partial charge in [0.15, 0.2) is 0 Å². The number of benzene rings is 2. The Morgan fingerprint density at radius 1 is 1.06 bits per heavy atom. The van der Waals surface area contributed by atoms with Gasteiger partial charge in [0.05, 0.1) is 11.2 Å². The van der Waals surface area contributed by atoms with E-state index in [0.29, 0.717) is 5.56 Å². The van der Waals surface area contributed by atoms with Crippen LogP contribution in [0.25, 0.3) is 16.7 Å². The van der Waals surface area contributed by atoms with Crippen molar-refractivity contribution in [2.45, 2.75) is 0 Å². The number of nitrogens with zero attached hydrogens (tertiary/aromatic N) is 3. The molecule has 3 aromatic rings. The first-order valence-electron chi connectivity index (χ1n) is 5.51. The third-order valence-corrected chi connectivity index (χ3v) is 2.77. The van der Waals surface area contributed by atoms with Crippen molar-refractivity contribution in [1.82, 2.24) is 15.0 Å². The zero-order valence-corrected chi connectivity index (χ0v) is 9.54. The molecule has 1 aromatic heterocycles. The van der Waals surface area contributed by atoms with Gasteiger partial charge in [0.2, 0.25) is 0 Å². The SMILES string of the molecule is N=C(N)c1ccc(-n2nnc3ccccc32)cc1. The predicted molar refractivity (Wildman–Crippen MR) is 69.9 cm³/mol. The Bertz CT molecular complexity index is 712. The number of nitrogens with two attached hydrogens (primary N) is 1. The molecule has 1 heterocycles. The van der Waals surface area contributed by atoms with Gasteiger partial charge in [-0.2, -0.15) is 0 Å². The predicted octanol–water partition coefficient (Wildman–Crippen LogP) is 1.70. The van der Waals surface area contributed by atoms with E-state index in [1.54, 1.807) is 16.8 Å². The van der Waals surface area contributed by atoms with Crippen LogP contribution in [0, 0.1) is 5.41 Å².